The molecule has 1 aromatic carbocycles. The van der Waals surface area contributed by atoms with Crippen LogP contribution in [0.1, 0.15) is 20.3 Å². The lowest BCUT2D eigenvalue weighted by atomic mass is 10.2. The van der Waals surface area contributed by atoms with Crippen LogP contribution in [0.2, 0.25) is 0 Å². The Balaban J connectivity index is 2.59. The van der Waals surface area contributed by atoms with Gasteiger partial charge in [0.15, 0.2) is 0 Å². The Morgan fingerprint density at radius 1 is 1.39 bits per heavy atom. The number of hydrogen-bond acceptors (Lipinski definition) is 5. The summed E-state index contributed by atoms with van der Waals surface area (Å²) < 4.78 is 10.1. The summed E-state index contributed by atoms with van der Waals surface area (Å²) >= 11 is 0. The van der Waals surface area contributed by atoms with Crippen LogP contribution in [0, 0.1) is 0 Å². The van der Waals surface area contributed by atoms with E-state index in [1.54, 1.807) is 12.1 Å². The molecule has 0 aliphatic carbocycles. The van der Waals surface area contributed by atoms with Gasteiger partial charge in [-0.1, -0.05) is 0 Å². The van der Waals surface area contributed by atoms with E-state index in [-0.39, 0.29) is 12.1 Å². The number of benzene rings is 1. The molecule has 0 bridgehead atoms. The van der Waals surface area contributed by atoms with Gasteiger partial charge in [0.2, 0.25) is 0 Å². The maximum atomic E-state index is 11.0. The number of rotatable bonds is 6. The van der Waals surface area contributed by atoms with Crippen LogP contribution in [0.3, 0.4) is 0 Å². The van der Waals surface area contributed by atoms with Crippen LogP contribution >= 0.6 is 0 Å². The molecule has 5 heteroatoms. The van der Waals surface area contributed by atoms with Crippen LogP contribution < -0.4 is 15.8 Å². The topological polar surface area (TPSA) is 73.6 Å². The lowest BCUT2D eigenvalue weighted by molar-refractivity contribution is -0.140. The third-order valence-corrected chi connectivity index (χ3v) is 2.19. The minimum absolute atomic E-state index is 0.0923. The van der Waals surface area contributed by atoms with E-state index in [1.165, 1.54) is 7.11 Å². The van der Waals surface area contributed by atoms with Gasteiger partial charge in [-0.05, 0) is 19.9 Å². The Labute approximate surface area is 107 Å². The van der Waals surface area contributed by atoms with Crippen LogP contribution in [0.4, 0.5) is 11.4 Å². The third kappa shape index (κ3) is 4.95. The summed E-state index contributed by atoms with van der Waals surface area (Å²) in [7, 11) is 1.37. The van der Waals surface area contributed by atoms with Crippen molar-refractivity contribution in [1.82, 2.24) is 0 Å². The molecule has 0 amide bonds. The average molecular weight is 252 g/mol. The lowest BCUT2D eigenvalue weighted by Crippen LogP contribution is -2.10. The van der Waals surface area contributed by atoms with Crippen molar-refractivity contribution in [3.05, 3.63) is 18.2 Å². The second-order valence-electron chi connectivity index (χ2n) is 4.21. The van der Waals surface area contributed by atoms with E-state index >= 15 is 0 Å². The SMILES string of the molecule is COC(=O)CCNc1cc(N)cc(OC(C)C)c1. The van der Waals surface area contributed by atoms with Crippen molar-refractivity contribution in [2.75, 3.05) is 24.7 Å². The van der Waals surface area contributed by atoms with Gasteiger partial charge in [0.1, 0.15) is 5.75 Å². The van der Waals surface area contributed by atoms with Gasteiger partial charge in [-0.3, -0.25) is 4.79 Å². The van der Waals surface area contributed by atoms with Crippen molar-refractivity contribution in [1.29, 1.82) is 0 Å². The molecule has 1 rings (SSSR count). The van der Waals surface area contributed by atoms with Crippen LogP contribution in [-0.2, 0) is 9.53 Å². The zero-order valence-electron chi connectivity index (χ0n) is 11.0. The normalized spacial score (nSPS) is 10.2. The quantitative estimate of drug-likeness (QED) is 0.598. The predicted octanol–water partition coefficient (Wildman–Crippen LogP) is 2.03. The Bertz CT molecular complexity index is 405. The molecule has 18 heavy (non-hydrogen) atoms. The van der Waals surface area contributed by atoms with E-state index in [9.17, 15) is 4.79 Å². The molecule has 0 spiro atoms. The highest BCUT2D eigenvalue weighted by atomic mass is 16.5. The number of nitrogens with two attached hydrogens (primary N) is 1. The number of anilines is 2. The summed E-state index contributed by atoms with van der Waals surface area (Å²) in [6.45, 7) is 4.40. The van der Waals surface area contributed by atoms with Gasteiger partial charge in [-0.2, -0.15) is 0 Å². The lowest BCUT2D eigenvalue weighted by Gasteiger charge is -2.13. The molecule has 0 radical (unpaired) electrons. The molecule has 0 fully saturated rings. The van der Waals surface area contributed by atoms with Crippen molar-refractivity contribution >= 4 is 17.3 Å². The number of methoxy groups -OCH3 is 1. The minimum Gasteiger partial charge on any atom is -0.491 e. The third-order valence-electron chi connectivity index (χ3n) is 2.19. The molecule has 0 heterocycles. The van der Waals surface area contributed by atoms with Gasteiger partial charge in [0.25, 0.3) is 0 Å². The van der Waals surface area contributed by atoms with Gasteiger partial charge in [0, 0.05) is 30.1 Å². The molecule has 3 N–H and O–H groups in total. The van der Waals surface area contributed by atoms with Crippen LogP contribution in [0.5, 0.6) is 5.75 Å². The summed E-state index contributed by atoms with van der Waals surface area (Å²) in [5, 5.41) is 3.10. The predicted molar refractivity (Wildman–Crippen MR) is 71.7 cm³/mol. The van der Waals surface area contributed by atoms with E-state index in [1.807, 2.05) is 19.9 Å². The maximum absolute atomic E-state index is 11.0. The van der Waals surface area contributed by atoms with Gasteiger partial charge in [-0.25, -0.2) is 0 Å². The second kappa shape index (κ2) is 6.74. The molecule has 0 atom stereocenters. The molecule has 0 saturated carbocycles. The number of nitrogens with one attached hydrogen (secondary N) is 1. The van der Waals surface area contributed by atoms with Gasteiger partial charge in [0.05, 0.1) is 19.6 Å². The molecule has 0 aromatic heterocycles. The van der Waals surface area contributed by atoms with Crippen LogP contribution in [-0.4, -0.2) is 25.7 Å². The molecule has 1 aromatic rings. The number of carbonyl (C=O) groups excluding carboxylic acids is 1. The van der Waals surface area contributed by atoms with E-state index in [4.69, 9.17) is 10.5 Å². The number of esters is 1. The molecule has 100 valence electrons. The van der Waals surface area contributed by atoms with Crippen molar-refractivity contribution in [3.63, 3.8) is 0 Å². The smallest absolute Gasteiger partial charge is 0.307 e. The first-order valence-electron chi connectivity index (χ1n) is 5.89. The second-order valence-corrected chi connectivity index (χ2v) is 4.21. The van der Waals surface area contributed by atoms with E-state index in [0.29, 0.717) is 24.4 Å². The summed E-state index contributed by atoms with van der Waals surface area (Å²) in [5.41, 5.74) is 7.23. The number of nitrogen functional groups attached to an aromatic ring is 1. The van der Waals surface area contributed by atoms with Crippen molar-refractivity contribution in [3.8, 4) is 5.75 Å². The summed E-state index contributed by atoms with van der Waals surface area (Å²) in [6, 6.07) is 5.42. The van der Waals surface area contributed by atoms with Crippen molar-refractivity contribution in [2.24, 2.45) is 0 Å². The molecule has 0 aliphatic heterocycles. The van der Waals surface area contributed by atoms with Crippen LogP contribution in [0.25, 0.3) is 0 Å². The van der Waals surface area contributed by atoms with Gasteiger partial charge in [-0.15, -0.1) is 0 Å². The first-order valence-corrected chi connectivity index (χ1v) is 5.89. The van der Waals surface area contributed by atoms with Gasteiger partial charge >= 0.3 is 5.97 Å². The first-order chi connectivity index (χ1) is 8.51. The zero-order valence-corrected chi connectivity index (χ0v) is 11.0. The van der Waals surface area contributed by atoms with E-state index in [2.05, 4.69) is 10.1 Å². The highest BCUT2D eigenvalue weighted by Crippen LogP contribution is 2.23. The summed E-state index contributed by atoms with van der Waals surface area (Å²) in [6.07, 6.45) is 0.404. The maximum Gasteiger partial charge on any atom is 0.307 e. The fourth-order valence-electron chi connectivity index (χ4n) is 1.48. The molecule has 0 aliphatic rings. The van der Waals surface area contributed by atoms with Crippen molar-refractivity contribution < 1.29 is 14.3 Å². The Kier molecular flexibility index (Phi) is 5.30. The average Bonchev–Trinajstić information content (AvgIpc) is 2.27. The number of hydrogen-bond donors (Lipinski definition) is 2. The Morgan fingerprint density at radius 3 is 2.72 bits per heavy atom. The van der Waals surface area contributed by atoms with Crippen molar-refractivity contribution in [2.45, 2.75) is 26.4 Å². The first kappa shape index (κ1) is 14.2. The fraction of sp³-hybridized carbons (Fsp3) is 0.462. The molecular weight excluding hydrogens is 232 g/mol. The fourth-order valence-corrected chi connectivity index (χ4v) is 1.48. The Hall–Kier alpha value is -1.91. The molecule has 0 saturated heterocycles. The highest BCUT2D eigenvalue weighted by Gasteiger charge is 2.03. The minimum atomic E-state index is -0.245. The Morgan fingerprint density at radius 2 is 2.11 bits per heavy atom. The number of ether oxygens (including phenoxy) is 2. The zero-order chi connectivity index (χ0) is 13.5. The highest BCUT2D eigenvalue weighted by molar-refractivity contribution is 5.70. The largest absolute Gasteiger partial charge is 0.491 e. The summed E-state index contributed by atoms with van der Waals surface area (Å²) in [4.78, 5) is 11.0. The standard InChI is InChI=1S/C13H20N2O3/c1-9(2)18-12-7-10(14)6-11(8-12)15-5-4-13(16)17-3/h6-9,15H,4-5,14H2,1-3H3. The van der Waals surface area contributed by atoms with Crippen LogP contribution in [0.15, 0.2) is 18.2 Å². The van der Waals surface area contributed by atoms with E-state index < -0.39 is 0 Å². The monoisotopic (exact) mass is 252 g/mol. The summed E-state index contributed by atoms with van der Waals surface area (Å²) in [5.74, 6) is 0.468. The van der Waals surface area contributed by atoms with Gasteiger partial charge < -0.3 is 20.5 Å². The molecule has 5 nitrogen and oxygen atoms in total. The number of carbonyl (C=O) groups is 1. The molecule has 0 unspecified atom stereocenters. The van der Waals surface area contributed by atoms with E-state index in [0.717, 1.165) is 5.69 Å². The molecular formula is C13H20N2O3.